The minimum Gasteiger partial charge on any atom is -0.319 e. The molecule has 0 saturated carbocycles. The van der Waals surface area contributed by atoms with Gasteiger partial charge in [0, 0.05) is 12.1 Å². The van der Waals surface area contributed by atoms with Gasteiger partial charge in [-0.3, -0.25) is 0 Å². The molecule has 0 amide bonds. The van der Waals surface area contributed by atoms with E-state index in [-0.39, 0.29) is 5.52 Å². The van der Waals surface area contributed by atoms with Crippen LogP contribution in [0, 0.1) is 0 Å². The van der Waals surface area contributed by atoms with Gasteiger partial charge >= 0.3 is 6.18 Å². The van der Waals surface area contributed by atoms with E-state index < -0.39 is 11.7 Å². The summed E-state index contributed by atoms with van der Waals surface area (Å²) in [6.45, 7) is 0.314. The van der Waals surface area contributed by atoms with Gasteiger partial charge in [-0.25, -0.2) is 4.98 Å². The number of halogens is 3. The molecule has 1 aromatic heterocycles. The molecule has 130 valence electrons. The van der Waals surface area contributed by atoms with Gasteiger partial charge in [-0.1, -0.05) is 66.7 Å². The molecule has 2 nitrogen and oxygen atoms in total. The van der Waals surface area contributed by atoms with Crippen LogP contribution in [-0.2, 0) is 12.7 Å². The molecule has 3 aromatic carbocycles. The lowest BCUT2D eigenvalue weighted by Crippen LogP contribution is -2.10. The van der Waals surface area contributed by atoms with Crippen molar-refractivity contribution >= 4 is 11.0 Å². The molecule has 5 heteroatoms. The van der Waals surface area contributed by atoms with Gasteiger partial charge < -0.3 is 4.57 Å². The first-order chi connectivity index (χ1) is 12.5. The van der Waals surface area contributed by atoms with Crippen LogP contribution in [0.3, 0.4) is 0 Å². The summed E-state index contributed by atoms with van der Waals surface area (Å²) < 4.78 is 42.5. The van der Waals surface area contributed by atoms with E-state index in [4.69, 9.17) is 0 Å². The van der Waals surface area contributed by atoms with Crippen LogP contribution >= 0.6 is 0 Å². The van der Waals surface area contributed by atoms with Gasteiger partial charge in [0.05, 0.1) is 16.6 Å². The zero-order valence-corrected chi connectivity index (χ0v) is 13.7. The van der Waals surface area contributed by atoms with Gasteiger partial charge in [-0.15, -0.1) is 0 Å². The molecule has 0 fully saturated rings. The monoisotopic (exact) mass is 352 g/mol. The Balaban J connectivity index is 2.00. The third-order valence-electron chi connectivity index (χ3n) is 4.29. The Morgan fingerprint density at radius 3 is 2.08 bits per heavy atom. The molecule has 26 heavy (non-hydrogen) atoms. The Hall–Kier alpha value is -3.08. The number of aromatic nitrogens is 2. The highest BCUT2D eigenvalue weighted by molar-refractivity contribution is 5.84. The SMILES string of the molecule is FC(F)(F)c1cccc2nc(-c3ccccc3)n(Cc3ccccc3)c12. The van der Waals surface area contributed by atoms with Gasteiger partial charge in [-0.05, 0) is 17.7 Å². The summed E-state index contributed by atoms with van der Waals surface area (Å²) in [6, 6.07) is 22.9. The van der Waals surface area contributed by atoms with Crippen molar-refractivity contribution in [1.29, 1.82) is 0 Å². The van der Waals surface area contributed by atoms with E-state index in [1.165, 1.54) is 6.07 Å². The molecule has 0 aliphatic rings. The van der Waals surface area contributed by atoms with Crippen molar-refractivity contribution in [3.63, 3.8) is 0 Å². The molecule has 0 spiro atoms. The first kappa shape index (κ1) is 16.4. The minimum absolute atomic E-state index is 0.114. The maximum atomic E-state index is 13.6. The topological polar surface area (TPSA) is 17.8 Å². The second kappa shape index (κ2) is 6.33. The van der Waals surface area contributed by atoms with Crippen LogP contribution < -0.4 is 0 Å². The fourth-order valence-electron chi connectivity index (χ4n) is 3.14. The number of benzene rings is 3. The summed E-state index contributed by atoms with van der Waals surface area (Å²) in [4.78, 5) is 4.52. The lowest BCUT2D eigenvalue weighted by molar-refractivity contribution is -0.136. The highest BCUT2D eigenvalue weighted by Gasteiger charge is 2.34. The maximum absolute atomic E-state index is 13.6. The molecule has 0 aliphatic heterocycles. The van der Waals surface area contributed by atoms with Crippen LogP contribution in [0.15, 0.2) is 78.9 Å². The minimum atomic E-state index is -4.44. The summed E-state index contributed by atoms with van der Waals surface area (Å²) in [5.74, 6) is 0.529. The molecular weight excluding hydrogens is 337 g/mol. The van der Waals surface area contributed by atoms with Gasteiger partial charge in [0.1, 0.15) is 5.82 Å². The van der Waals surface area contributed by atoms with Crippen molar-refractivity contribution in [2.75, 3.05) is 0 Å². The Kier molecular flexibility index (Phi) is 3.99. The van der Waals surface area contributed by atoms with Gasteiger partial charge in [0.15, 0.2) is 0 Å². The number of hydrogen-bond acceptors (Lipinski definition) is 1. The lowest BCUT2D eigenvalue weighted by atomic mass is 10.1. The third-order valence-corrected chi connectivity index (χ3v) is 4.29. The number of imidazole rings is 1. The van der Waals surface area contributed by atoms with Crippen molar-refractivity contribution in [2.45, 2.75) is 12.7 Å². The second-order valence-corrected chi connectivity index (χ2v) is 6.04. The van der Waals surface area contributed by atoms with Crippen LogP contribution in [0.4, 0.5) is 13.2 Å². The molecule has 0 atom stereocenters. The molecule has 0 saturated heterocycles. The number of hydrogen-bond donors (Lipinski definition) is 0. The molecule has 0 unspecified atom stereocenters. The number of alkyl halides is 3. The summed E-state index contributed by atoms with van der Waals surface area (Å²) in [5.41, 5.74) is 1.49. The van der Waals surface area contributed by atoms with E-state index in [0.29, 0.717) is 17.9 Å². The molecule has 0 radical (unpaired) electrons. The largest absolute Gasteiger partial charge is 0.418 e. The lowest BCUT2D eigenvalue weighted by Gasteiger charge is -2.14. The van der Waals surface area contributed by atoms with Crippen LogP contribution in [0.5, 0.6) is 0 Å². The summed E-state index contributed by atoms with van der Waals surface area (Å²) >= 11 is 0. The van der Waals surface area contributed by atoms with E-state index in [1.54, 1.807) is 10.6 Å². The van der Waals surface area contributed by atoms with Crippen LogP contribution in [0.1, 0.15) is 11.1 Å². The number of fused-ring (bicyclic) bond motifs is 1. The maximum Gasteiger partial charge on any atom is 0.418 e. The summed E-state index contributed by atoms with van der Waals surface area (Å²) in [5, 5.41) is 0. The summed E-state index contributed by atoms with van der Waals surface area (Å²) in [6.07, 6.45) is -4.44. The third kappa shape index (κ3) is 2.96. The van der Waals surface area contributed by atoms with E-state index in [1.807, 2.05) is 60.7 Å². The predicted octanol–water partition coefficient (Wildman–Crippen LogP) is 5.77. The summed E-state index contributed by atoms with van der Waals surface area (Å²) in [7, 11) is 0. The van der Waals surface area contributed by atoms with Crippen molar-refractivity contribution < 1.29 is 13.2 Å². The molecule has 0 N–H and O–H groups in total. The Morgan fingerprint density at radius 1 is 0.769 bits per heavy atom. The Morgan fingerprint density at radius 2 is 1.42 bits per heavy atom. The smallest absolute Gasteiger partial charge is 0.319 e. The van der Waals surface area contributed by atoms with Crippen molar-refractivity contribution in [3.05, 3.63) is 90.0 Å². The Labute approximate surface area is 148 Å². The zero-order valence-electron chi connectivity index (χ0n) is 13.7. The van der Waals surface area contributed by atoms with Crippen molar-refractivity contribution in [2.24, 2.45) is 0 Å². The fraction of sp³-hybridized carbons (Fsp3) is 0.0952. The second-order valence-electron chi connectivity index (χ2n) is 6.04. The van der Waals surface area contributed by atoms with E-state index in [2.05, 4.69) is 4.98 Å². The highest BCUT2D eigenvalue weighted by atomic mass is 19.4. The average Bonchev–Trinajstić information content (AvgIpc) is 3.01. The quantitative estimate of drug-likeness (QED) is 0.458. The number of rotatable bonds is 3. The van der Waals surface area contributed by atoms with Gasteiger partial charge in [-0.2, -0.15) is 13.2 Å². The first-order valence-corrected chi connectivity index (χ1v) is 8.20. The molecule has 1 heterocycles. The molecule has 4 rings (SSSR count). The number of para-hydroxylation sites is 1. The molecule has 0 bridgehead atoms. The van der Waals surface area contributed by atoms with E-state index in [9.17, 15) is 13.2 Å². The standard InChI is InChI=1S/C21H15F3N2/c22-21(23,24)17-12-7-13-18-19(17)26(14-15-8-3-1-4-9-15)20(25-18)16-10-5-2-6-11-16/h1-13H,14H2. The van der Waals surface area contributed by atoms with Crippen LogP contribution in [0.25, 0.3) is 22.4 Å². The first-order valence-electron chi connectivity index (χ1n) is 8.20. The average molecular weight is 352 g/mol. The van der Waals surface area contributed by atoms with E-state index >= 15 is 0 Å². The predicted molar refractivity (Wildman–Crippen MR) is 95.7 cm³/mol. The van der Waals surface area contributed by atoms with E-state index in [0.717, 1.165) is 17.2 Å². The molecular formula is C21H15F3N2. The Bertz CT molecular complexity index is 1040. The van der Waals surface area contributed by atoms with Gasteiger partial charge in [0.2, 0.25) is 0 Å². The molecule has 4 aromatic rings. The van der Waals surface area contributed by atoms with Gasteiger partial charge in [0.25, 0.3) is 0 Å². The van der Waals surface area contributed by atoms with Crippen molar-refractivity contribution in [3.8, 4) is 11.4 Å². The molecule has 0 aliphatic carbocycles. The van der Waals surface area contributed by atoms with Crippen LogP contribution in [-0.4, -0.2) is 9.55 Å². The normalized spacial score (nSPS) is 11.8. The number of nitrogens with zero attached hydrogens (tertiary/aromatic N) is 2. The van der Waals surface area contributed by atoms with Crippen LogP contribution in [0.2, 0.25) is 0 Å². The van der Waals surface area contributed by atoms with Crippen molar-refractivity contribution in [1.82, 2.24) is 9.55 Å². The highest BCUT2D eigenvalue weighted by Crippen LogP contribution is 2.37. The zero-order chi connectivity index (χ0) is 18.1. The fourth-order valence-corrected chi connectivity index (χ4v) is 3.14.